The van der Waals surface area contributed by atoms with Gasteiger partial charge in [-0.25, -0.2) is 0 Å². The normalized spacial score (nSPS) is 9.00. The molecule has 0 amide bonds. The fraction of sp³-hybridized carbons (Fsp3) is 0.556. The maximum atomic E-state index is 3.82. The highest BCUT2D eigenvalue weighted by Crippen LogP contribution is 1.98. The average molecular weight is 139 g/mol. The fourth-order valence-corrected chi connectivity index (χ4v) is 0.692. The lowest BCUT2D eigenvalue weighted by atomic mass is 10.2. The number of allylic oxidation sites excluding steroid dienone is 2. The maximum Gasteiger partial charge on any atom is 0.0146 e. The van der Waals surface area contributed by atoms with Crippen molar-refractivity contribution in [1.29, 1.82) is 0 Å². The summed E-state index contributed by atoms with van der Waals surface area (Å²) in [4.78, 5) is 0. The Morgan fingerprint density at radius 2 is 1.90 bits per heavy atom. The van der Waals surface area contributed by atoms with Crippen LogP contribution in [0.25, 0.3) is 0 Å². The third kappa shape index (κ3) is 7.28. The molecule has 0 heterocycles. The fourth-order valence-electron chi connectivity index (χ4n) is 0.692. The van der Waals surface area contributed by atoms with Crippen molar-refractivity contribution in [3.63, 3.8) is 0 Å². The van der Waals surface area contributed by atoms with Gasteiger partial charge in [0.2, 0.25) is 0 Å². The minimum Gasteiger partial charge on any atom is -0.389 e. The second-order valence-corrected chi connectivity index (χ2v) is 2.77. The number of rotatable bonds is 5. The molecule has 0 aliphatic carbocycles. The maximum absolute atomic E-state index is 3.82. The van der Waals surface area contributed by atoms with Gasteiger partial charge in [0.15, 0.2) is 0 Å². The van der Waals surface area contributed by atoms with Crippen LogP contribution in [0.5, 0.6) is 0 Å². The smallest absolute Gasteiger partial charge is 0.0146 e. The molecule has 0 fully saturated rings. The van der Waals surface area contributed by atoms with Crippen molar-refractivity contribution in [2.24, 2.45) is 0 Å². The van der Waals surface area contributed by atoms with E-state index in [0.29, 0.717) is 0 Å². The summed E-state index contributed by atoms with van der Waals surface area (Å²) in [5, 5.41) is 3.17. The highest BCUT2D eigenvalue weighted by Gasteiger charge is 1.87. The van der Waals surface area contributed by atoms with Crippen LogP contribution >= 0.6 is 0 Å². The Hall–Kier alpha value is -0.720. The number of hydrogen-bond donors (Lipinski definition) is 1. The average Bonchev–Trinajstić information content (AvgIpc) is 1.79. The summed E-state index contributed by atoms with van der Waals surface area (Å²) < 4.78 is 0. The van der Waals surface area contributed by atoms with Crippen molar-refractivity contribution in [2.75, 3.05) is 6.54 Å². The van der Waals surface area contributed by atoms with Crippen LogP contribution in [-0.4, -0.2) is 6.54 Å². The molecule has 0 aliphatic heterocycles. The zero-order chi connectivity index (χ0) is 7.98. The Bertz CT molecular complexity index is 109. The molecule has 1 N–H and O–H groups in total. The molecule has 58 valence electrons. The van der Waals surface area contributed by atoms with E-state index in [4.69, 9.17) is 0 Å². The van der Waals surface area contributed by atoms with Crippen LogP contribution in [-0.2, 0) is 0 Å². The lowest BCUT2D eigenvalue weighted by Gasteiger charge is -2.03. The predicted molar refractivity (Wildman–Crippen MR) is 46.9 cm³/mol. The third-order valence-electron chi connectivity index (χ3n) is 1.21. The molecule has 0 saturated carbocycles. The van der Waals surface area contributed by atoms with Crippen molar-refractivity contribution in [1.82, 2.24) is 5.32 Å². The molecule has 0 radical (unpaired) electrons. The molecule has 0 atom stereocenters. The summed E-state index contributed by atoms with van der Waals surface area (Å²) in [6.45, 7) is 12.6. The van der Waals surface area contributed by atoms with Crippen LogP contribution in [0, 0.1) is 0 Å². The Labute approximate surface area is 63.8 Å². The van der Waals surface area contributed by atoms with Gasteiger partial charge in [0, 0.05) is 12.2 Å². The topological polar surface area (TPSA) is 12.0 Å². The zero-order valence-electron chi connectivity index (χ0n) is 7.04. The molecular formula is C9H17N. The lowest BCUT2D eigenvalue weighted by Crippen LogP contribution is -2.11. The Balaban J connectivity index is 3.06. The molecule has 0 aliphatic rings. The minimum atomic E-state index is 1.02. The van der Waals surface area contributed by atoms with Gasteiger partial charge in [-0.2, -0.15) is 0 Å². The number of hydrogen-bond acceptors (Lipinski definition) is 1. The van der Waals surface area contributed by atoms with Crippen LogP contribution in [0.1, 0.15) is 26.7 Å². The SMILES string of the molecule is C=C(C)CCCNC(=C)C. The van der Waals surface area contributed by atoms with E-state index in [1.807, 2.05) is 6.92 Å². The van der Waals surface area contributed by atoms with E-state index in [-0.39, 0.29) is 0 Å². The van der Waals surface area contributed by atoms with Crippen LogP contribution in [0.3, 0.4) is 0 Å². The molecule has 0 aromatic heterocycles. The largest absolute Gasteiger partial charge is 0.389 e. The van der Waals surface area contributed by atoms with Crippen LogP contribution in [0.2, 0.25) is 0 Å². The van der Waals surface area contributed by atoms with Gasteiger partial charge in [0.25, 0.3) is 0 Å². The van der Waals surface area contributed by atoms with Gasteiger partial charge in [0.05, 0.1) is 0 Å². The van der Waals surface area contributed by atoms with E-state index >= 15 is 0 Å². The van der Waals surface area contributed by atoms with Crippen LogP contribution < -0.4 is 5.32 Å². The van der Waals surface area contributed by atoms with E-state index in [1.54, 1.807) is 0 Å². The Morgan fingerprint density at radius 1 is 1.30 bits per heavy atom. The van der Waals surface area contributed by atoms with Gasteiger partial charge in [0.1, 0.15) is 0 Å². The molecule has 0 bridgehead atoms. The first kappa shape index (κ1) is 9.28. The summed E-state index contributed by atoms with van der Waals surface area (Å²) in [6.07, 6.45) is 2.27. The van der Waals surface area contributed by atoms with Gasteiger partial charge in [-0.3, -0.25) is 0 Å². The molecular weight excluding hydrogens is 122 g/mol. The third-order valence-corrected chi connectivity index (χ3v) is 1.21. The van der Waals surface area contributed by atoms with Crippen LogP contribution in [0.15, 0.2) is 24.4 Å². The molecule has 1 heteroatoms. The predicted octanol–water partition coefficient (Wildman–Crippen LogP) is 2.47. The molecule has 0 rings (SSSR count). The van der Waals surface area contributed by atoms with E-state index in [0.717, 1.165) is 25.1 Å². The first-order valence-corrected chi connectivity index (χ1v) is 3.66. The monoisotopic (exact) mass is 139 g/mol. The van der Waals surface area contributed by atoms with Gasteiger partial charge < -0.3 is 5.32 Å². The van der Waals surface area contributed by atoms with E-state index in [2.05, 4.69) is 25.4 Å². The summed E-state index contributed by atoms with van der Waals surface area (Å²) in [5.74, 6) is 0. The number of nitrogens with one attached hydrogen (secondary N) is 1. The van der Waals surface area contributed by atoms with E-state index < -0.39 is 0 Å². The second kappa shape index (κ2) is 5.10. The van der Waals surface area contributed by atoms with Crippen molar-refractivity contribution in [3.8, 4) is 0 Å². The Morgan fingerprint density at radius 3 is 2.30 bits per heavy atom. The van der Waals surface area contributed by atoms with E-state index in [9.17, 15) is 0 Å². The summed E-state index contributed by atoms with van der Waals surface area (Å²) >= 11 is 0. The first-order chi connectivity index (χ1) is 4.63. The summed E-state index contributed by atoms with van der Waals surface area (Å²) in [7, 11) is 0. The lowest BCUT2D eigenvalue weighted by molar-refractivity contribution is 0.723. The summed E-state index contributed by atoms with van der Waals surface area (Å²) in [6, 6.07) is 0. The molecule has 1 nitrogen and oxygen atoms in total. The molecule has 0 spiro atoms. The van der Waals surface area contributed by atoms with Crippen molar-refractivity contribution < 1.29 is 0 Å². The first-order valence-electron chi connectivity index (χ1n) is 3.66. The van der Waals surface area contributed by atoms with Gasteiger partial charge in [-0.1, -0.05) is 12.2 Å². The quantitative estimate of drug-likeness (QED) is 0.455. The van der Waals surface area contributed by atoms with Gasteiger partial charge in [-0.05, 0) is 26.7 Å². The highest BCUT2D eigenvalue weighted by atomic mass is 14.9. The zero-order valence-corrected chi connectivity index (χ0v) is 7.04. The van der Waals surface area contributed by atoms with Crippen molar-refractivity contribution in [2.45, 2.75) is 26.7 Å². The molecule has 0 saturated heterocycles. The molecule has 0 aromatic rings. The standard InChI is InChI=1S/C9H17N/c1-8(2)6-5-7-10-9(3)4/h10H,1,3,5-7H2,2,4H3. The van der Waals surface area contributed by atoms with Gasteiger partial charge in [-0.15, -0.1) is 6.58 Å². The van der Waals surface area contributed by atoms with E-state index in [1.165, 1.54) is 5.57 Å². The highest BCUT2D eigenvalue weighted by molar-refractivity contribution is 4.89. The molecule has 0 aromatic carbocycles. The van der Waals surface area contributed by atoms with Gasteiger partial charge >= 0.3 is 0 Å². The molecule has 10 heavy (non-hydrogen) atoms. The Kier molecular flexibility index (Phi) is 4.73. The van der Waals surface area contributed by atoms with Crippen molar-refractivity contribution >= 4 is 0 Å². The van der Waals surface area contributed by atoms with Crippen molar-refractivity contribution in [3.05, 3.63) is 24.4 Å². The minimum absolute atomic E-state index is 1.02. The molecule has 0 unspecified atom stereocenters. The van der Waals surface area contributed by atoms with Crippen LogP contribution in [0.4, 0.5) is 0 Å². The summed E-state index contributed by atoms with van der Waals surface area (Å²) in [5.41, 5.74) is 2.30. The second-order valence-electron chi connectivity index (χ2n) is 2.77.